The minimum absolute atomic E-state index is 0.534. The first-order chi connectivity index (χ1) is 15.5. The van der Waals surface area contributed by atoms with Gasteiger partial charge in [-0.2, -0.15) is 0 Å². The van der Waals surface area contributed by atoms with Gasteiger partial charge in [0.05, 0.1) is 13.2 Å². The minimum atomic E-state index is 0.534. The molecule has 168 valence electrons. The number of hydrogen-bond donors (Lipinski definition) is 0. The van der Waals surface area contributed by atoms with Crippen LogP contribution in [0.3, 0.4) is 0 Å². The molecule has 0 N–H and O–H groups in total. The molecule has 2 aromatic rings. The highest BCUT2D eigenvalue weighted by molar-refractivity contribution is 5.80. The molecule has 0 atom stereocenters. The molecule has 32 heavy (non-hydrogen) atoms. The van der Waals surface area contributed by atoms with Crippen LogP contribution in [0.25, 0.3) is 16.7 Å². The SMILES string of the molecule is C=C/C(=C\C(=C/N(C)C)c1cc(-c2cccc(C3COC3)c2)ccc1C)N1CCCCC1. The maximum Gasteiger partial charge on any atom is 0.0557 e. The second-order valence-corrected chi connectivity index (χ2v) is 9.26. The van der Waals surface area contributed by atoms with E-state index in [1.165, 1.54) is 58.3 Å². The van der Waals surface area contributed by atoms with Crippen molar-refractivity contribution < 1.29 is 4.74 Å². The maximum absolute atomic E-state index is 5.41. The fraction of sp³-hybridized carbons (Fsp3) is 0.379. The van der Waals surface area contributed by atoms with E-state index in [2.05, 4.69) is 92.1 Å². The summed E-state index contributed by atoms with van der Waals surface area (Å²) in [5, 5.41) is 0. The monoisotopic (exact) mass is 428 g/mol. The Morgan fingerprint density at radius 1 is 1.03 bits per heavy atom. The van der Waals surface area contributed by atoms with Gasteiger partial charge in [-0.1, -0.05) is 43.0 Å². The number of hydrogen-bond acceptors (Lipinski definition) is 3. The smallest absolute Gasteiger partial charge is 0.0557 e. The van der Waals surface area contributed by atoms with Crippen LogP contribution in [0.15, 0.2) is 73.1 Å². The molecular formula is C29H36N2O. The van der Waals surface area contributed by atoms with E-state index < -0.39 is 0 Å². The average molecular weight is 429 g/mol. The Morgan fingerprint density at radius 3 is 2.44 bits per heavy atom. The summed E-state index contributed by atoms with van der Waals surface area (Å²) in [6.07, 6.45) is 10.4. The summed E-state index contributed by atoms with van der Waals surface area (Å²) in [4.78, 5) is 4.61. The number of aryl methyl sites for hydroxylation is 1. The lowest BCUT2D eigenvalue weighted by Crippen LogP contribution is -2.28. The van der Waals surface area contributed by atoms with Crippen LogP contribution in [0.5, 0.6) is 0 Å². The van der Waals surface area contributed by atoms with Gasteiger partial charge in [-0.15, -0.1) is 0 Å². The van der Waals surface area contributed by atoms with Crippen molar-refractivity contribution in [3.05, 3.63) is 89.8 Å². The highest BCUT2D eigenvalue weighted by Crippen LogP contribution is 2.32. The molecule has 2 heterocycles. The number of piperidine rings is 1. The summed E-state index contributed by atoms with van der Waals surface area (Å²) in [6.45, 7) is 10.2. The van der Waals surface area contributed by atoms with E-state index in [1.54, 1.807) is 0 Å². The second kappa shape index (κ2) is 10.2. The third kappa shape index (κ3) is 5.16. The van der Waals surface area contributed by atoms with Crippen molar-refractivity contribution in [1.29, 1.82) is 0 Å². The Bertz CT molecular complexity index is 1010. The summed E-state index contributed by atoms with van der Waals surface area (Å²) in [5.74, 6) is 0.534. The van der Waals surface area contributed by atoms with E-state index in [1.807, 2.05) is 6.08 Å². The summed E-state index contributed by atoms with van der Waals surface area (Å²) in [6, 6.07) is 15.8. The Morgan fingerprint density at radius 2 is 1.78 bits per heavy atom. The van der Waals surface area contributed by atoms with Gasteiger partial charge in [0.15, 0.2) is 0 Å². The summed E-state index contributed by atoms with van der Waals surface area (Å²) in [5.41, 5.74) is 8.88. The van der Waals surface area contributed by atoms with Crippen molar-refractivity contribution in [3.63, 3.8) is 0 Å². The number of rotatable bonds is 7. The summed E-state index contributed by atoms with van der Waals surface area (Å²) < 4.78 is 5.41. The molecule has 4 rings (SSSR count). The zero-order valence-corrected chi connectivity index (χ0v) is 19.8. The zero-order valence-electron chi connectivity index (χ0n) is 19.8. The third-order valence-electron chi connectivity index (χ3n) is 6.51. The van der Waals surface area contributed by atoms with Crippen molar-refractivity contribution in [1.82, 2.24) is 9.80 Å². The van der Waals surface area contributed by atoms with Gasteiger partial charge >= 0.3 is 0 Å². The summed E-state index contributed by atoms with van der Waals surface area (Å²) >= 11 is 0. The fourth-order valence-electron chi connectivity index (χ4n) is 4.57. The molecule has 0 spiro atoms. The van der Waals surface area contributed by atoms with Crippen LogP contribution in [-0.4, -0.2) is 50.2 Å². The molecule has 0 unspecified atom stereocenters. The Kier molecular flexibility index (Phi) is 7.16. The van der Waals surface area contributed by atoms with Gasteiger partial charge in [0, 0.05) is 45.0 Å². The lowest BCUT2D eigenvalue weighted by atomic mass is 9.91. The van der Waals surface area contributed by atoms with E-state index in [4.69, 9.17) is 4.74 Å². The first-order valence-electron chi connectivity index (χ1n) is 11.8. The van der Waals surface area contributed by atoms with E-state index in [0.29, 0.717) is 5.92 Å². The Hall–Kier alpha value is -2.78. The zero-order chi connectivity index (χ0) is 22.5. The van der Waals surface area contributed by atoms with Gasteiger partial charge in [0.2, 0.25) is 0 Å². The van der Waals surface area contributed by atoms with E-state index in [0.717, 1.165) is 26.3 Å². The molecule has 0 aromatic heterocycles. The normalized spacial score (nSPS) is 17.8. The molecule has 0 aliphatic carbocycles. The lowest BCUT2D eigenvalue weighted by molar-refractivity contribution is 0.00844. The van der Waals surface area contributed by atoms with Crippen LogP contribution in [0, 0.1) is 6.92 Å². The van der Waals surface area contributed by atoms with Crippen molar-refractivity contribution in [2.24, 2.45) is 0 Å². The highest BCUT2D eigenvalue weighted by atomic mass is 16.5. The number of benzene rings is 2. The van der Waals surface area contributed by atoms with Crippen molar-refractivity contribution >= 4 is 5.57 Å². The number of allylic oxidation sites excluding steroid dienone is 3. The van der Waals surface area contributed by atoms with Crippen LogP contribution in [0.2, 0.25) is 0 Å². The molecule has 0 saturated carbocycles. The van der Waals surface area contributed by atoms with Crippen LogP contribution >= 0.6 is 0 Å². The van der Waals surface area contributed by atoms with Crippen LogP contribution < -0.4 is 0 Å². The molecule has 3 nitrogen and oxygen atoms in total. The molecule has 3 heteroatoms. The first-order valence-corrected chi connectivity index (χ1v) is 11.8. The second-order valence-electron chi connectivity index (χ2n) is 9.26. The van der Waals surface area contributed by atoms with Crippen LogP contribution in [0.1, 0.15) is 41.9 Å². The van der Waals surface area contributed by atoms with Gasteiger partial charge < -0.3 is 14.5 Å². The van der Waals surface area contributed by atoms with Crippen LogP contribution in [-0.2, 0) is 4.74 Å². The maximum atomic E-state index is 5.41. The van der Waals surface area contributed by atoms with Crippen LogP contribution in [0.4, 0.5) is 0 Å². The molecule has 0 radical (unpaired) electrons. The summed E-state index contributed by atoms with van der Waals surface area (Å²) in [7, 11) is 4.18. The molecule has 2 aliphatic rings. The van der Waals surface area contributed by atoms with Gasteiger partial charge in [-0.25, -0.2) is 0 Å². The van der Waals surface area contributed by atoms with E-state index >= 15 is 0 Å². The minimum Gasteiger partial charge on any atom is -0.383 e. The van der Waals surface area contributed by atoms with Gasteiger partial charge in [0.1, 0.15) is 0 Å². The van der Waals surface area contributed by atoms with Crippen molar-refractivity contribution in [2.45, 2.75) is 32.1 Å². The Labute approximate surface area is 193 Å². The lowest BCUT2D eigenvalue weighted by Gasteiger charge is -2.30. The number of likely N-dealkylation sites (tertiary alicyclic amines) is 1. The van der Waals surface area contributed by atoms with E-state index in [-0.39, 0.29) is 0 Å². The van der Waals surface area contributed by atoms with Crippen molar-refractivity contribution in [3.8, 4) is 11.1 Å². The predicted molar refractivity (Wildman–Crippen MR) is 136 cm³/mol. The number of ether oxygens (including phenoxy) is 1. The number of nitrogens with zero attached hydrogens (tertiary/aromatic N) is 2. The molecule has 0 bridgehead atoms. The largest absolute Gasteiger partial charge is 0.383 e. The molecule has 2 aromatic carbocycles. The van der Waals surface area contributed by atoms with Gasteiger partial charge in [0.25, 0.3) is 0 Å². The molecule has 0 amide bonds. The third-order valence-corrected chi connectivity index (χ3v) is 6.51. The van der Waals surface area contributed by atoms with Crippen molar-refractivity contribution in [2.75, 3.05) is 40.4 Å². The standard InChI is InChI=1S/C29H36N2O/c1-5-28(31-14-7-6-8-15-31)17-26(19-30(3)4)29-18-25(13-12-22(29)2)23-10-9-11-24(16-23)27-20-32-21-27/h5,9-13,16-19,27H,1,6-8,14-15,20-21H2,2-4H3/b26-19+,28-17+. The fourth-order valence-corrected chi connectivity index (χ4v) is 4.57. The van der Waals surface area contributed by atoms with Gasteiger partial charge in [-0.3, -0.25) is 0 Å². The van der Waals surface area contributed by atoms with E-state index in [9.17, 15) is 0 Å². The predicted octanol–water partition coefficient (Wildman–Crippen LogP) is 6.23. The first kappa shape index (κ1) is 22.4. The average Bonchev–Trinajstić information content (AvgIpc) is 2.76. The molecular weight excluding hydrogens is 392 g/mol. The highest BCUT2D eigenvalue weighted by Gasteiger charge is 2.20. The molecule has 2 saturated heterocycles. The molecule has 2 fully saturated rings. The molecule has 2 aliphatic heterocycles. The van der Waals surface area contributed by atoms with Gasteiger partial charge in [-0.05, 0) is 77.8 Å². The quantitative estimate of drug-likeness (QED) is 0.486. The Balaban J connectivity index is 1.72. The topological polar surface area (TPSA) is 15.7 Å².